The van der Waals surface area contributed by atoms with Gasteiger partial charge in [0.1, 0.15) is 0 Å². The molecule has 0 radical (unpaired) electrons. The Hall–Kier alpha value is -1.66. The van der Waals surface area contributed by atoms with Crippen LogP contribution in [0.15, 0.2) is 18.2 Å². The summed E-state index contributed by atoms with van der Waals surface area (Å²) in [7, 11) is 0. The summed E-state index contributed by atoms with van der Waals surface area (Å²) in [4.78, 5) is 0. The second-order valence-electron chi connectivity index (χ2n) is 4.67. The molecule has 1 aliphatic rings. The van der Waals surface area contributed by atoms with Gasteiger partial charge >= 0.3 is 0 Å². The van der Waals surface area contributed by atoms with Crippen LogP contribution in [0.5, 0.6) is 11.5 Å². The maximum Gasteiger partial charge on any atom is 0.161 e. The van der Waals surface area contributed by atoms with E-state index in [1.54, 1.807) is 0 Å². The highest BCUT2D eigenvalue weighted by molar-refractivity contribution is 5.43. The predicted octanol–water partition coefficient (Wildman–Crippen LogP) is 2.74. The highest BCUT2D eigenvalue weighted by Gasteiger charge is 2.10. The van der Waals surface area contributed by atoms with Gasteiger partial charge in [0.15, 0.2) is 11.5 Å². The molecule has 0 amide bonds. The third-order valence-corrected chi connectivity index (χ3v) is 3.07. The van der Waals surface area contributed by atoms with Crippen LogP contribution in [-0.4, -0.2) is 19.8 Å². The van der Waals surface area contributed by atoms with Crippen LogP contribution in [0, 0.1) is 12.3 Å². The van der Waals surface area contributed by atoms with E-state index in [1.165, 1.54) is 5.56 Å². The summed E-state index contributed by atoms with van der Waals surface area (Å²) in [5.41, 5.74) is 1.22. The van der Waals surface area contributed by atoms with Crippen molar-refractivity contribution in [3.8, 4) is 23.8 Å². The lowest BCUT2D eigenvalue weighted by Crippen LogP contribution is -2.14. The van der Waals surface area contributed by atoms with E-state index in [2.05, 4.69) is 23.4 Å². The Morgan fingerprint density at radius 2 is 2.00 bits per heavy atom. The number of fused-ring (bicyclic) bond motifs is 1. The number of benzene rings is 1. The first kappa shape index (κ1) is 13.8. The Morgan fingerprint density at radius 1 is 1.16 bits per heavy atom. The number of hydrogen-bond acceptors (Lipinski definition) is 3. The predicted molar refractivity (Wildman–Crippen MR) is 76.4 cm³/mol. The molecule has 0 saturated heterocycles. The average molecular weight is 259 g/mol. The summed E-state index contributed by atoms with van der Waals surface area (Å²) in [5.74, 6) is 4.38. The standard InChI is InChI=1S/C16H21NO2/c1-2-3-4-5-9-17-13-14-7-8-15-16(12-14)19-11-6-10-18-15/h1,7-8,12,17H,3-6,9-11,13H2. The van der Waals surface area contributed by atoms with Gasteiger partial charge in [-0.15, -0.1) is 12.3 Å². The van der Waals surface area contributed by atoms with Gasteiger partial charge in [0.25, 0.3) is 0 Å². The second-order valence-corrected chi connectivity index (χ2v) is 4.67. The summed E-state index contributed by atoms with van der Waals surface area (Å²) in [5, 5.41) is 3.42. The van der Waals surface area contributed by atoms with E-state index in [9.17, 15) is 0 Å². The molecule has 1 aromatic rings. The average Bonchev–Trinajstić information content (AvgIpc) is 2.67. The summed E-state index contributed by atoms with van der Waals surface area (Å²) in [6.45, 7) is 3.32. The molecule has 1 N–H and O–H groups in total. The minimum absolute atomic E-state index is 0.732. The van der Waals surface area contributed by atoms with E-state index >= 15 is 0 Å². The van der Waals surface area contributed by atoms with Crippen LogP contribution in [-0.2, 0) is 6.54 Å². The van der Waals surface area contributed by atoms with Gasteiger partial charge in [-0.25, -0.2) is 0 Å². The molecule has 0 aliphatic carbocycles. The molecule has 1 aromatic carbocycles. The fourth-order valence-electron chi connectivity index (χ4n) is 2.03. The minimum atomic E-state index is 0.732. The van der Waals surface area contributed by atoms with Crippen molar-refractivity contribution in [2.24, 2.45) is 0 Å². The molecular formula is C16H21NO2. The summed E-state index contributed by atoms with van der Waals surface area (Å²) in [6.07, 6.45) is 9.23. The molecule has 2 rings (SSSR count). The maximum atomic E-state index is 5.67. The molecule has 0 bridgehead atoms. The molecule has 3 heteroatoms. The van der Waals surface area contributed by atoms with Crippen LogP contribution in [0.4, 0.5) is 0 Å². The molecule has 0 atom stereocenters. The van der Waals surface area contributed by atoms with Crippen LogP contribution in [0.25, 0.3) is 0 Å². The Morgan fingerprint density at radius 3 is 2.84 bits per heavy atom. The van der Waals surface area contributed by atoms with Crippen LogP contribution in [0.2, 0.25) is 0 Å². The van der Waals surface area contributed by atoms with Crippen molar-refractivity contribution in [2.45, 2.75) is 32.2 Å². The van der Waals surface area contributed by atoms with Gasteiger partial charge in [0.2, 0.25) is 0 Å². The zero-order valence-corrected chi connectivity index (χ0v) is 11.3. The molecule has 3 nitrogen and oxygen atoms in total. The van der Waals surface area contributed by atoms with Crippen LogP contribution >= 0.6 is 0 Å². The van der Waals surface area contributed by atoms with Crippen LogP contribution in [0.3, 0.4) is 0 Å². The van der Waals surface area contributed by atoms with Crippen molar-refractivity contribution < 1.29 is 9.47 Å². The molecule has 19 heavy (non-hydrogen) atoms. The van der Waals surface area contributed by atoms with Crippen molar-refractivity contribution in [1.82, 2.24) is 5.32 Å². The number of hydrogen-bond donors (Lipinski definition) is 1. The smallest absolute Gasteiger partial charge is 0.161 e. The lowest BCUT2D eigenvalue weighted by Gasteiger charge is -2.10. The lowest BCUT2D eigenvalue weighted by molar-refractivity contribution is 0.297. The summed E-state index contributed by atoms with van der Waals surface area (Å²) in [6, 6.07) is 6.15. The minimum Gasteiger partial charge on any atom is -0.490 e. The van der Waals surface area contributed by atoms with Gasteiger partial charge in [0.05, 0.1) is 13.2 Å². The molecule has 0 fully saturated rings. The Balaban J connectivity index is 1.78. The highest BCUT2D eigenvalue weighted by Crippen LogP contribution is 2.30. The topological polar surface area (TPSA) is 30.5 Å². The Labute approximate surface area is 115 Å². The molecule has 0 saturated carbocycles. The molecule has 0 spiro atoms. The molecule has 1 aliphatic heterocycles. The molecular weight excluding hydrogens is 238 g/mol. The van der Waals surface area contributed by atoms with Gasteiger partial charge in [-0.2, -0.15) is 0 Å². The van der Waals surface area contributed by atoms with Crippen molar-refractivity contribution in [3.05, 3.63) is 23.8 Å². The number of rotatable bonds is 6. The van der Waals surface area contributed by atoms with E-state index in [0.717, 1.165) is 63.5 Å². The van der Waals surface area contributed by atoms with Gasteiger partial charge in [-0.3, -0.25) is 0 Å². The zero-order valence-electron chi connectivity index (χ0n) is 11.3. The van der Waals surface area contributed by atoms with E-state index in [0.29, 0.717) is 0 Å². The van der Waals surface area contributed by atoms with E-state index < -0.39 is 0 Å². The van der Waals surface area contributed by atoms with E-state index in [1.807, 2.05) is 6.07 Å². The first-order valence-corrected chi connectivity index (χ1v) is 6.93. The second kappa shape index (κ2) is 7.70. The van der Waals surface area contributed by atoms with Crippen molar-refractivity contribution >= 4 is 0 Å². The number of ether oxygens (including phenoxy) is 2. The number of nitrogens with one attached hydrogen (secondary N) is 1. The monoisotopic (exact) mass is 259 g/mol. The number of terminal acetylenes is 1. The summed E-state index contributed by atoms with van der Waals surface area (Å²) < 4.78 is 11.3. The fourth-order valence-corrected chi connectivity index (χ4v) is 2.03. The maximum absolute atomic E-state index is 5.67. The first-order chi connectivity index (χ1) is 9.40. The zero-order chi connectivity index (χ0) is 13.3. The van der Waals surface area contributed by atoms with Crippen molar-refractivity contribution in [2.75, 3.05) is 19.8 Å². The molecule has 0 unspecified atom stereocenters. The highest BCUT2D eigenvalue weighted by atomic mass is 16.5. The fraction of sp³-hybridized carbons (Fsp3) is 0.500. The Kier molecular flexibility index (Phi) is 5.58. The van der Waals surface area contributed by atoms with Crippen LogP contribution in [0.1, 0.15) is 31.2 Å². The quantitative estimate of drug-likeness (QED) is 0.629. The summed E-state index contributed by atoms with van der Waals surface area (Å²) >= 11 is 0. The molecule has 102 valence electrons. The molecule has 1 heterocycles. The first-order valence-electron chi connectivity index (χ1n) is 6.93. The Bertz CT molecular complexity index is 437. The molecule has 0 aromatic heterocycles. The van der Waals surface area contributed by atoms with Gasteiger partial charge in [-0.05, 0) is 37.1 Å². The SMILES string of the molecule is C#CCCCCNCc1ccc2c(c1)OCCCO2. The third-order valence-electron chi connectivity index (χ3n) is 3.07. The third kappa shape index (κ3) is 4.50. The van der Waals surface area contributed by atoms with Gasteiger partial charge < -0.3 is 14.8 Å². The van der Waals surface area contributed by atoms with Crippen molar-refractivity contribution in [1.29, 1.82) is 0 Å². The van der Waals surface area contributed by atoms with E-state index in [4.69, 9.17) is 15.9 Å². The number of unbranched alkanes of at least 4 members (excludes halogenated alkanes) is 2. The van der Waals surface area contributed by atoms with E-state index in [-0.39, 0.29) is 0 Å². The van der Waals surface area contributed by atoms with Crippen molar-refractivity contribution in [3.63, 3.8) is 0 Å². The van der Waals surface area contributed by atoms with Crippen LogP contribution < -0.4 is 14.8 Å². The normalized spacial score (nSPS) is 13.6. The lowest BCUT2D eigenvalue weighted by atomic mass is 10.2. The van der Waals surface area contributed by atoms with Gasteiger partial charge in [-0.1, -0.05) is 6.07 Å². The largest absolute Gasteiger partial charge is 0.490 e. The van der Waals surface area contributed by atoms with Gasteiger partial charge in [0, 0.05) is 19.4 Å².